The van der Waals surface area contributed by atoms with Crippen molar-refractivity contribution >= 4 is 41.9 Å². The number of benzene rings is 4. The monoisotopic (exact) mass is 670 g/mol. The third-order valence-electron chi connectivity index (χ3n) is 6.69. The molecular formula is C30H26N2O12S2. The predicted molar refractivity (Wildman–Crippen MR) is 165 cm³/mol. The Bertz CT molecular complexity index is 2200. The summed E-state index contributed by atoms with van der Waals surface area (Å²) in [6.07, 6.45) is 0. The first-order valence-corrected chi connectivity index (χ1v) is 16.0. The van der Waals surface area contributed by atoms with E-state index in [4.69, 9.17) is 28.0 Å². The molecule has 4 aromatic carbocycles. The van der Waals surface area contributed by atoms with E-state index in [1.807, 2.05) is 0 Å². The van der Waals surface area contributed by atoms with Gasteiger partial charge >= 0.3 is 11.3 Å². The van der Waals surface area contributed by atoms with E-state index in [-0.39, 0.29) is 43.1 Å². The summed E-state index contributed by atoms with van der Waals surface area (Å²) in [7, 11) is -2.40. The van der Waals surface area contributed by atoms with E-state index in [0.717, 1.165) is 0 Å². The second kappa shape index (κ2) is 12.5. The van der Waals surface area contributed by atoms with Crippen LogP contribution >= 0.6 is 0 Å². The third kappa shape index (κ3) is 5.59. The molecule has 6 aromatic rings. The summed E-state index contributed by atoms with van der Waals surface area (Å²) in [6.45, 7) is 0. The second-order valence-corrected chi connectivity index (χ2v) is 12.8. The Balaban J connectivity index is 0.000000181. The lowest BCUT2D eigenvalue weighted by Crippen LogP contribution is -2.12. The molecule has 14 nitrogen and oxygen atoms in total. The van der Waals surface area contributed by atoms with Crippen LogP contribution in [0.3, 0.4) is 0 Å². The van der Waals surface area contributed by atoms with Crippen molar-refractivity contribution in [2.24, 2.45) is 0 Å². The summed E-state index contributed by atoms with van der Waals surface area (Å²) in [5.41, 5.74) is -1.39. The highest BCUT2D eigenvalue weighted by atomic mass is 32.2. The smallest absolute Gasteiger partial charge is 0.367 e. The van der Waals surface area contributed by atoms with Crippen LogP contribution in [-0.2, 0) is 20.0 Å². The number of ether oxygens (including phenoxy) is 4. The van der Waals surface area contributed by atoms with Crippen molar-refractivity contribution in [3.8, 4) is 23.0 Å². The van der Waals surface area contributed by atoms with Crippen LogP contribution in [0.25, 0.3) is 21.8 Å². The van der Waals surface area contributed by atoms with Gasteiger partial charge in [-0.15, -0.1) is 0 Å². The minimum Gasteiger partial charge on any atom is -0.493 e. The second-order valence-electron chi connectivity index (χ2n) is 9.30. The molecule has 0 spiro atoms. The van der Waals surface area contributed by atoms with Crippen molar-refractivity contribution in [3.05, 3.63) is 106 Å². The topological polar surface area (TPSA) is 175 Å². The Morgan fingerprint density at radius 3 is 1.11 bits per heavy atom. The summed E-state index contributed by atoms with van der Waals surface area (Å²) < 4.78 is 82.3. The molecule has 0 aliphatic carbocycles. The van der Waals surface area contributed by atoms with Gasteiger partial charge in [0.15, 0.2) is 23.0 Å². The number of aromatic nitrogens is 2. The summed E-state index contributed by atoms with van der Waals surface area (Å²) in [5, 5.41) is 0.171. The Morgan fingerprint density at radius 2 is 0.804 bits per heavy atom. The molecule has 0 amide bonds. The zero-order valence-corrected chi connectivity index (χ0v) is 26.3. The van der Waals surface area contributed by atoms with Crippen molar-refractivity contribution in [3.63, 3.8) is 0 Å². The van der Waals surface area contributed by atoms with Gasteiger partial charge in [-0.05, 0) is 24.3 Å². The van der Waals surface area contributed by atoms with Crippen molar-refractivity contribution < 1.29 is 44.8 Å². The predicted octanol–water partition coefficient (Wildman–Crippen LogP) is 3.70. The van der Waals surface area contributed by atoms with Gasteiger partial charge in [0.05, 0.1) is 49.0 Å². The standard InChI is InChI=1S/2C15H13NO6S/c2*1-20-13-8-11-12(9-14(13)21-2)16(22-15(11)17)23(18,19)10-6-4-3-5-7-10/h2*3-9H,1-2H3. The fraction of sp³-hybridized carbons (Fsp3) is 0.133. The minimum atomic E-state index is -4.04. The molecule has 0 saturated carbocycles. The maximum absolute atomic E-state index is 12.7. The molecule has 0 atom stereocenters. The van der Waals surface area contributed by atoms with E-state index in [9.17, 15) is 26.4 Å². The molecule has 0 unspecified atom stereocenters. The van der Waals surface area contributed by atoms with Crippen LogP contribution in [0.5, 0.6) is 23.0 Å². The molecule has 2 heterocycles. The molecule has 0 bridgehead atoms. The lowest BCUT2D eigenvalue weighted by Gasteiger charge is -2.08. The van der Waals surface area contributed by atoms with E-state index >= 15 is 0 Å². The molecule has 0 saturated heterocycles. The first-order chi connectivity index (χ1) is 22.0. The quantitative estimate of drug-likeness (QED) is 0.230. The first-order valence-electron chi connectivity index (χ1n) is 13.1. The van der Waals surface area contributed by atoms with Gasteiger partial charge in [-0.25, -0.2) is 9.59 Å². The first kappa shape index (κ1) is 31.9. The molecule has 6 rings (SSSR count). The van der Waals surface area contributed by atoms with Crippen molar-refractivity contribution in [2.75, 3.05) is 28.4 Å². The summed E-state index contributed by atoms with van der Waals surface area (Å²) in [4.78, 5) is 24.0. The lowest BCUT2D eigenvalue weighted by molar-refractivity contribution is 0.350. The van der Waals surface area contributed by atoms with Gasteiger partial charge in [0.25, 0.3) is 20.0 Å². The van der Waals surface area contributed by atoms with E-state index in [1.54, 1.807) is 36.4 Å². The van der Waals surface area contributed by atoms with Crippen LogP contribution in [0.15, 0.2) is 113 Å². The van der Waals surface area contributed by atoms with Crippen LogP contribution in [-0.4, -0.2) is 53.6 Å². The van der Waals surface area contributed by atoms with E-state index in [0.29, 0.717) is 19.8 Å². The Hall–Kier alpha value is -5.48. The van der Waals surface area contributed by atoms with Crippen LogP contribution in [0.2, 0.25) is 0 Å². The molecule has 2 aromatic heterocycles. The number of fused-ring (bicyclic) bond motifs is 2. The molecule has 0 aliphatic rings. The number of hydrogen-bond donors (Lipinski definition) is 0. The molecular weight excluding hydrogens is 644 g/mol. The largest absolute Gasteiger partial charge is 0.493 e. The maximum atomic E-state index is 12.7. The summed E-state index contributed by atoms with van der Waals surface area (Å²) in [6, 6.07) is 20.9. The molecule has 46 heavy (non-hydrogen) atoms. The molecule has 0 N–H and O–H groups in total. The summed E-state index contributed by atoms with van der Waals surface area (Å²) in [5.74, 6) is 1.19. The highest BCUT2D eigenvalue weighted by Crippen LogP contribution is 2.33. The van der Waals surface area contributed by atoms with E-state index in [1.165, 1.54) is 77.0 Å². The van der Waals surface area contributed by atoms with E-state index < -0.39 is 31.3 Å². The number of methoxy groups -OCH3 is 4. The van der Waals surface area contributed by atoms with Gasteiger partial charge in [-0.2, -0.15) is 16.8 Å². The van der Waals surface area contributed by atoms with Gasteiger partial charge in [-0.1, -0.05) is 44.7 Å². The Kier molecular flexibility index (Phi) is 8.67. The van der Waals surface area contributed by atoms with Gasteiger partial charge in [0.2, 0.25) is 0 Å². The normalized spacial score (nSPS) is 11.6. The van der Waals surface area contributed by atoms with Crippen molar-refractivity contribution in [2.45, 2.75) is 9.79 Å². The van der Waals surface area contributed by atoms with Gasteiger partial charge in [0.1, 0.15) is 11.0 Å². The van der Waals surface area contributed by atoms with Gasteiger partial charge in [-0.3, -0.25) is 0 Å². The Morgan fingerprint density at radius 1 is 0.500 bits per heavy atom. The third-order valence-corrected chi connectivity index (χ3v) is 9.84. The summed E-state index contributed by atoms with van der Waals surface area (Å²) >= 11 is 0. The fourth-order valence-electron chi connectivity index (χ4n) is 4.45. The molecule has 0 fully saturated rings. The molecule has 0 radical (unpaired) electrons. The Labute approximate surface area is 261 Å². The number of nitrogens with zero attached hydrogens (tertiary/aromatic N) is 2. The zero-order chi connectivity index (χ0) is 33.2. The van der Waals surface area contributed by atoms with Crippen molar-refractivity contribution in [1.82, 2.24) is 8.29 Å². The van der Waals surface area contributed by atoms with Gasteiger partial charge < -0.3 is 28.0 Å². The molecule has 240 valence electrons. The number of hydrogen-bond acceptors (Lipinski definition) is 12. The van der Waals surface area contributed by atoms with Gasteiger partial charge in [0, 0.05) is 24.3 Å². The maximum Gasteiger partial charge on any atom is 0.367 e. The van der Waals surface area contributed by atoms with Crippen LogP contribution in [0.4, 0.5) is 0 Å². The average molecular weight is 671 g/mol. The minimum absolute atomic E-state index is 0.00966. The highest BCUT2D eigenvalue weighted by molar-refractivity contribution is 7.90. The van der Waals surface area contributed by atoms with Crippen LogP contribution in [0, 0.1) is 0 Å². The fourth-order valence-corrected chi connectivity index (χ4v) is 6.98. The van der Waals surface area contributed by atoms with Crippen LogP contribution < -0.4 is 30.2 Å². The van der Waals surface area contributed by atoms with E-state index in [2.05, 4.69) is 0 Å². The van der Waals surface area contributed by atoms with Crippen molar-refractivity contribution in [1.29, 1.82) is 0 Å². The lowest BCUT2D eigenvalue weighted by atomic mass is 10.2. The molecule has 0 aliphatic heterocycles. The highest BCUT2D eigenvalue weighted by Gasteiger charge is 2.26. The SMILES string of the molecule is COc1cc2c(=O)on(S(=O)(=O)c3ccccc3)c2cc1OC.COc1cc2c(=O)on(S(=O)(=O)c3ccccc3)c2cc1OC. The zero-order valence-electron chi connectivity index (χ0n) is 24.7. The molecule has 16 heteroatoms. The van der Waals surface area contributed by atoms with Crippen LogP contribution in [0.1, 0.15) is 0 Å². The number of rotatable bonds is 8. The average Bonchev–Trinajstić information content (AvgIpc) is 3.60.